The third-order valence-electron chi connectivity index (χ3n) is 4.71. The number of carbonyl (C=O) groups is 2. The Morgan fingerprint density at radius 2 is 2.06 bits per heavy atom. The molecule has 3 rings (SSSR count). The molecule has 96 valence electrons. The van der Waals surface area contributed by atoms with Gasteiger partial charge in [-0.05, 0) is 13.8 Å². The molecule has 1 saturated carbocycles. The maximum atomic E-state index is 12.4. The Labute approximate surface area is 106 Å². The van der Waals surface area contributed by atoms with Gasteiger partial charge in [-0.2, -0.15) is 0 Å². The number of carbonyl (C=O) groups excluding carboxylic acids is 2. The van der Waals surface area contributed by atoms with E-state index in [1.54, 1.807) is 4.90 Å². The van der Waals surface area contributed by atoms with Gasteiger partial charge in [0, 0.05) is 25.1 Å². The van der Waals surface area contributed by atoms with Gasteiger partial charge in [-0.25, -0.2) is 0 Å². The molecule has 1 amide bonds. The number of aliphatic hydroxyl groups excluding tert-OH is 1. The molecule has 3 aliphatic carbocycles. The number of ketones is 1. The van der Waals surface area contributed by atoms with Gasteiger partial charge < -0.3 is 10.0 Å². The molecule has 0 aromatic carbocycles. The summed E-state index contributed by atoms with van der Waals surface area (Å²) in [5.74, 6) is -0.437. The van der Waals surface area contributed by atoms with Gasteiger partial charge in [-0.15, -0.1) is 0 Å². The maximum absolute atomic E-state index is 12.4. The van der Waals surface area contributed by atoms with Gasteiger partial charge in [0.1, 0.15) is 5.76 Å². The molecule has 3 aliphatic rings. The summed E-state index contributed by atoms with van der Waals surface area (Å²) in [6.45, 7) is 5.23. The van der Waals surface area contributed by atoms with Crippen LogP contribution in [0.25, 0.3) is 0 Å². The molecule has 0 aromatic heterocycles. The lowest BCUT2D eigenvalue weighted by Gasteiger charge is -2.22. The van der Waals surface area contributed by atoms with Gasteiger partial charge >= 0.3 is 0 Å². The summed E-state index contributed by atoms with van der Waals surface area (Å²) < 4.78 is 0. The van der Waals surface area contributed by atoms with Gasteiger partial charge in [0.05, 0.1) is 17.3 Å². The molecule has 4 unspecified atom stereocenters. The Morgan fingerprint density at radius 1 is 1.39 bits per heavy atom. The van der Waals surface area contributed by atoms with Crippen LogP contribution in [0.3, 0.4) is 0 Å². The van der Waals surface area contributed by atoms with Crippen molar-refractivity contribution < 1.29 is 14.7 Å². The standard InChI is InChI=1S/C14H17NO3/c1-3-15(4-2)13(18)12-9-6-5-8-10(16)7-11(17)14(8,9)12/h5-9,12,17H,3-4H2,1-2H3. The number of amides is 1. The maximum Gasteiger partial charge on any atom is 0.227 e. The molecule has 1 fully saturated rings. The lowest BCUT2D eigenvalue weighted by atomic mass is 9.89. The number of rotatable bonds is 3. The highest BCUT2D eigenvalue weighted by Gasteiger charge is 2.77. The number of aliphatic hydroxyl groups is 1. The summed E-state index contributed by atoms with van der Waals surface area (Å²) in [7, 11) is 0. The van der Waals surface area contributed by atoms with Crippen molar-refractivity contribution >= 4 is 11.7 Å². The smallest absolute Gasteiger partial charge is 0.227 e. The van der Waals surface area contributed by atoms with Crippen molar-refractivity contribution in [2.75, 3.05) is 13.1 Å². The van der Waals surface area contributed by atoms with Gasteiger partial charge in [0.2, 0.25) is 5.91 Å². The summed E-state index contributed by atoms with van der Waals surface area (Å²) in [4.78, 5) is 26.0. The summed E-state index contributed by atoms with van der Waals surface area (Å²) in [6.07, 6.45) is 5.08. The summed E-state index contributed by atoms with van der Waals surface area (Å²) in [6, 6.07) is 0. The highest BCUT2D eigenvalue weighted by molar-refractivity contribution is 6.02. The Bertz CT molecular complexity index is 489. The highest BCUT2D eigenvalue weighted by atomic mass is 16.3. The Hall–Kier alpha value is -1.58. The molecule has 0 aliphatic heterocycles. The van der Waals surface area contributed by atoms with Crippen LogP contribution in [0.4, 0.5) is 0 Å². The van der Waals surface area contributed by atoms with Gasteiger partial charge in [-0.3, -0.25) is 9.59 Å². The van der Waals surface area contributed by atoms with E-state index in [2.05, 4.69) is 0 Å². The van der Waals surface area contributed by atoms with Gasteiger partial charge in [-0.1, -0.05) is 12.2 Å². The lowest BCUT2D eigenvalue weighted by Crippen LogP contribution is -2.35. The zero-order valence-corrected chi connectivity index (χ0v) is 10.6. The summed E-state index contributed by atoms with van der Waals surface area (Å²) in [5.41, 5.74) is -0.614. The van der Waals surface area contributed by atoms with Crippen LogP contribution in [0.1, 0.15) is 13.8 Å². The number of allylic oxidation sites excluding steroid dienone is 4. The van der Waals surface area contributed by atoms with E-state index in [1.807, 2.05) is 26.0 Å². The van der Waals surface area contributed by atoms with E-state index in [0.29, 0.717) is 13.1 Å². The highest BCUT2D eigenvalue weighted by Crippen LogP contribution is 2.73. The van der Waals surface area contributed by atoms with Crippen molar-refractivity contribution in [1.82, 2.24) is 4.90 Å². The van der Waals surface area contributed by atoms with Crippen molar-refractivity contribution in [3.8, 4) is 0 Å². The first kappa shape index (κ1) is 11.5. The van der Waals surface area contributed by atoms with Crippen molar-refractivity contribution in [2.45, 2.75) is 13.8 Å². The van der Waals surface area contributed by atoms with E-state index in [1.165, 1.54) is 6.08 Å². The van der Waals surface area contributed by atoms with Crippen LogP contribution in [0, 0.1) is 23.2 Å². The molecule has 4 nitrogen and oxygen atoms in total. The van der Waals surface area contributed by atoms with E-state index in [4.69, 9.17) is 0 Å². The Morgan fingerprint density at radius 3 is 2.67 bits per heavy atom. The van der Waals surface area contributed by atoms with E-state index >= 15 is 0 Å². The Balaban J connectivity index is 1.92. The van der Waals surface area contributed by atoms with Crippen LogP contribution in [0.5, 0.6) is 0 Å². The second-order valence-electron chi connectivity index (χ2n) is 5.24. The quantitative estimate of drug-likeness (QED) is 0.765. The molecule has 0 radical (unpaired) electrons. The molecule has 18 heavy (non-hydrogen) atoms. The van der Waals surface area contributed by atoms with Crippen molar-refractivity contribution in [3.63, 3.8) is 0 Å². The zero-order valence-electron chi connectivity index (χ0n) is 10.6. The average Bonchev–Trinajstić information content (AvgIpc) is 2.72. The number of hydrogen-bond donors (Lipinski definition) is 1. The SMILES string of the molecule is CCN(CC)C(=O)C1C2C=CC3C(=O)C=C(O)C321. The van der Waals surface area contributed by atoms with E-state index in [0.717, 1.165) is 0 Å². The molecular weight excluding hydrogens is 230 g/mol. The minimum atomic E-state index is -0.614. The van der Waals surface area contributed by atoms with Crippen LogP contribution in [0.15, 0.2) is 24.0 Å². The van der Waals surface area contributed by atoms with Crippen LogP contribution in [0.2, 0.25) is 0 Å². The van der Waals surface area contributed by atoms with Gasteiger partial charge in [0.25, 0.3) is 0 Å². The minimum absolute atomic E-state index is 0.0123. The van der Waals surface area contributed by atoms with Gasteiger partial charge in [0.15, 0.2) is 5.78 Å². The third-order valence-corrected chi connectivity index (χ3v) is 4.71. The first-order valence-corrected chi connectivity index (χ1v) is 6.51. The Kier molecular flexibility index (Phi) is 2.22. The van der Waals surface area contributed by atoms with Crippen molar-refractivity contribution in [3.05, 3.63) is 24.0 Å². The largest absolute Gasteiger partial charge is 0.512 e. The molecule has 0 heterocycles. The van der Waals surface area contributed by atoms with Crippen LogP contribution in [-0.2, 0) is 9.59 Å². The molecule has 4 atom stereocenters. The third kappa shape index (κ3) is 1.06. The molecule has 4 heteroatoms. The topological polar surface area (TPSA) is 57.6 Å². The first-order chi connectivity index (χ1) is 8.58. The first-order valence-electron chi connectivity index (χ1n) is 6.51. The molecular formula is C14H17NO3. The van der Waals surface area contributed by atoms with E-state index in [9.17, 15) is 14.7 Å². The van der Waals surface area contributed by atoms with Crippen molar-refractivity contribution in [2.24, 2.45) is 23.2 Å². The van der Waals surface area contributed by atoms with E-state index in [-0.39, 0.29) is 35.2 Å². The average molecular weight is 247 g/mol. The predicted octanol–water partition coefficient (Wildman–Crippen LogP) is 1.30. The van der Waals surface area contributed by atoms with Crippen LogP contribution < -0.4 is 0 Å². The van der Waals surface area contributed by atoms with Crippen LogP contribution in [-0.4, -0.2) is 34.8 Å². The second-order valence-corrected chi connectivity index (χ2v) is 5.24. The normalized spacial score (nSPS) is 39.3. The number of nitrogens with zero attached hydrogens (tertiary/aromatic N) is 1. The second kappa shape index (κ2) is 3.46. The minimum Gasteiger partial charge on any atom is -0.512 e. The fourth-order valence-corrected chi connectivity index (χ4v) is 3.76. The van der Waals surface area contributed by atoms with E-state index < -0.39 is 5.41 Å². The van der Waals surface area contributed by atoms with Crippen molar-refractivity contribution in [1.29, 1.82) is 0 Å². The zero-order chi connectivity index (χ0) is 13.1. The summed E-state index contributed by atoms with van der Waals surface area (Å²) in [5, 5.41) is 10.0. The summed E-state index contributed by atoms with van der Waals surface area (Å²) >= 11 is 0. The monoisotopic (exact) mass is 247 g/mol. The fourth-order valence-electron chi connectivity index (χ4n) is 3.76. The van der Waals surface area contributed by atoms with Crippen LogP contribution >= 0.6 is 0 Å². The lowest BCUT2D eigenvalue weighted by molar-refractivity contribution is -0.133. The fraction of sp³-hybridized carbons (Fsp3) is 0.571. The molecule has 0 saturated heterocycles. The molecule has 0 aromatic rings. The predicted molar refractivity (Wildman–Crippen MR) is 65.7 cm³/mol. The number of hydrogen-bond acceptors (Lipinski definition) is 3. The molecule has 1 spiro atoms. The molecule has 1 N–H and O–H groups in total. The molecule has 0 bridgehead atoms.